The summed E-state index contributed by atoms with van der Waals surface area (Å²) in [6.07, 6.45) is 2.08. The number of halogens is 2. The smallest absolute Gasteiger partial charge is 0.251 e. The lowest BCUT2D eigenvalue weighted by molar-refractivity contribution is 0.0930. The number of piperidine rings is 1. The molecule has 0 bridgehead atoms. The Morgan fingerprint density at radius 2 is 2.06 bits per heavy atom. The summed E-state index contributed by atoms with van der Waals surface area (Å²) >= 11 is 0. The lowest BCUT2D eigenvalue weighted by Gasteiger charge is -2.23. The number of carbonyl (C=O) groups excluding carboxylic acids is 1. The van der Waals surface area contributed by atoms with Gasteiger partial charge in [-0.15, -0.1) is 12.4 Å². The first-order valence-electron chi connectivity index (χ1n) is 5.53. The Labute approximate surface area is 106 Å². The molecule has 0 radical (unpaired) electrons. The Bertz CT molecular complexity index is 363. The molecule has 2 rings (SSSR count). The van der Waals surface area contributed by atoms with Crippen LogP contribution < -0.4 is 10.6 Å². The molecule has 1 atom stereocenters. The molecule has 0 aromatic heterocycles. The van der Waals surface area contributed by atoms with Crippen LogP contribution in [0.4, 0.5) is 4.39 Å². The highest BCUT2D eigenvalue weighted by Crippen LogP contribution is 2.05. The van der Waals surface area contributed by atoms with Gasteiger partial charge in [-0.05, 0) is 43.7 Å². The van der Waals surface area contributed by atoms with Crippen molar-refractivity contribution >= 4 is 18.3 Å². The molecule has 1 aromatic rings. The molecule has 17 heavy (non-hydrogen) atoms. The van der Waals surface area contributed by atoms with Gasteiger partial charge in [0.1, 0.15) is 5.82 Å². The topological polar surface area (TPSA) is 41.1 Å². The molecule has 1 fully saturated rings. The monoisotopic (exact) mass is 258 g/mol. The molecule has 1 amide bonds. The van der Waals surface area contributed by atoms with E-state index in [0.29, 0.717) is 5.56 Å². The fraction of sp³-hybridized carbons (Fsp3) is 0.417. The fourth-order valence-electron chi connectivity index (χ4n) is 1.85. The summed E-state index contributed by atoms with van der Waals surface area (Å²) < 4.78 is 12.7. The summed E-state index contributed by atoms with van der Waals surface area (Å²) in [5, 5.41) is 6.16. The number of amides is 1. The molecular formula is C12H16ClFN2O. The van der Waals surface area contributed by atoms with E-state index >= 15 is 0 Å². The van der Waals surface area contributed by atoms with E-state index in [1.807, 2.05) is 0 Å². The van der Waals surface area contributed by atoms with Crippen LogP contribution in [0.25, 0.3) is 0 Å². The number of rotatable bonds is 2. The minimum atomic E-state index is -0.323. The first kappa shape index (κ1) is 13.9. The van der Waals surface area contributed by atoms with Gasteiger partial charge in [0, 0.05) is 18.2 Å². The van der Waals surface area contributed by atoms with Crippen LogP contribution in [0.2, 0.25) is 0 Å². The van der Waals surface area contributed by atoms with Gasteiger partial charge >= 0.3 is 0 Å². The van der Waals surface area contributed by atoms with E-state index in [4.69, 9.17) is 0 Å². The zero-order valence-electron chi connectivity index (χ0n) is 9.41. The first-order chi connectivity index (χ1) is 7.75. The van der Waals surface area contributed by atoms with Gasteiger partial charge in [-0.25, -0.2) is 4.39 Å². The molecule has 2 N–H and O–H groups in total. The predicted octanol–water partition coefficient (Wildman–Crippen LogP) is 1.73. The lowest BCUT2D eigenvalue weighted by Crippen LogP contribution is -2.45. The van der Waals surface area contributed by atoms with E-state index in [9.17, 15) is 9.18 Å². The second-order valence-electron chi connectivity index (χ2n) is 4.02. The van der Waals surface area contributed by atoms with Crippen molar-refractivity contribution in [1.82, 2.24) is 10.6 Å². The molecule has 3 nitrogen and oxygen atoms in total. The second-order valence-corrected chi connectivity index (χ2v) is 4.02. The highest BCUT2D eigenvalue weighted by Gasteiger charge is 2.15. The highest BCUT2D eigenvalue weighted by molar-refractivity contribution is 5.94. The van der Waals surface area contributed by atoms with E-state index in [1.54, 1.807) is 0 Å². The zero-order valence-corrected chi connectivity index (χ0v) is 10.2. The minimum absolute atomic E-state index is 0. The van der Waals surface area contributed by atoms with Crippen molar-refractivity contribution in [2.45, 2.75) is 18.9 Å². The quantitative estimate of drug-likeness (QED) is 0.848. The average Bonchev–Trinajstić information content (AvgIpc) is 2.31. The molecule has 0 spiro atoms. The predicted molar refractivity (Wildman–Crippen MR) is 67.0 cm³/mol. The van der Waals surface area contributed by atoms with Gasteiger partial charge in [0.2, 0.25) is 0 Å². The van der Waals surface area contributed by atoms with Gasteiger partial charge in [0.25, 0.3) is 5.91 Å². The van der Waals surface area contributed by atoms with Crippen LogP contribution in [0.3, 0.4) is 0 Å². The van der Waals surface area contributed by atoms with Crippen molar-refractivity contribution in [3.63, 3.8) is 0 Å². The van der Waals surface area contributed by atoms with Crippen LogP contribution in [-0.2, 0) is 0 Å². The van der Waals surface area contributed by atoms with Gasteiger partial charge in [-0.3, -0.25) is 4.79 Å². The Kier molecular flexibility index (Phi) is 5.38. The van der Waals surface area contributed by atoms with E-state index in [0.717, 1.165) is 25.9 Å². The van der Waals surface area contributed by atoms with Crippen molar-refractivity contribution in [3.8, 4) is 0 Å². The largest absolute Gasteiger partial charge is 0.348 e. The fourth-order valence-corrected chi connectivity index (χ4v) is 1.85. The Balaban J connectivity index is 0.00000144. The molecule has 1 saturated heterocycles. The maximum absolute atomic E-state index is 12.7. The Morgan fingerprint density at radius 1 is 1.35 bits per heavy atom. The number of hydrogen-bond acceptors (Lipinski definition) is 2. The van der Waals surface area contributed by atoms with Crippen LogP contribution in [0.1, 0.15) is 23.2 Å². The van der Waals surface area contributed by atoms with Crippen LogP contribution in [0.15, 0.2) is 24.3 Å². The van der Waals surface area contributed by atoms with Gasteiger partial charge in [0.15, 0.2) is 0 Å². The van der Waals surface area contributed by atoms with Gasteiger partial charge in [0.05, 0.1) is 0 Å². The number of benzene rings is 1. The zero-order chi connectivity index (χ0) is 11.4. The molecule has 1 aliphatic heterocycles. The maximum atomic E-state index is 12.7. The second kappa shape index (κ2) is 6.57. The van der Waals surface area contributed by atoms with Gasteiger partial charge in [-0.1, -0.05) is 0 Å². The molecule has 1 aromatic carbocycles. The Morgan fingerprint density at radius 3 is 2.65 bits per heavy atom. The summed E-state index contributed by atoms with van der Waals surface area (Å²) in [6, 6.07) is 5.79. The third-order valence-corrected chi connectivity index (χ3v) is 2.74. The molecule has 5 heteroatoms. The summed E-state index contributed by atoms with van der Waals surface area (Å²) in [6.45, 7) is 1.83. The summed E-state index contributed by atoms with van der Waals surface area (Å²) in [7, 11) is 0. The molecule has 0 saturated carbocycles. The number of carbonyl (C=O) groups is 1. The third kappa shape index (κ3) is 3.98. The van der Waals surface area contributed by atoms with E-state index < -0.39 is 0 Å². The van der Waals surface area contributed by atoms with Crippen molar-refractivity contribution in [2.24, 2.45) is 0 Å². The van der Waals surface area contributed by atoms with Crippen molar-refractivity contribution in [3.05, 3.63) is 35.6 Å². The standard InChI is InChI=1S/C12H15FN2O.ClH/c13-10-5-3-9(4-6-10)12(16)15-11-2-1-7-14-8-11;/h3-6,11,14H,1-2,7-8H2,(H,15,16);1H/t11-;/m0./s1. The Hall–Kier alpha value is -1.13. The first-order valence-corrected chi connectivity index (χ1v) is 5.53. The van der Waals surface area contributed by atoms with E-state index in [2.05, 4.69) is 10.6 Å². The van der Waals surface area contributed by atoms with E-state index in [-0.39, 0.29) is 30.2 Å². The molecule has 94 valence electrons. The lowest BCUT2D eigenvalue weighted by atomic mass is 10.1. The van der Waals surface area contributed by atoms with E-state index in [1.165, 1.54) is 24.3 Å². The SMILES string of the molecule is Cl.O=C(N[C@H]1CCCNC1)c1ccc(F)cc1. The van der Waals surface area contributed by atoms with Gasteiger partial charge < -0.3 is 10.6 Å². The third-order valence-electron chi connectivity index (χ3n) is 2.74. The van der Waals surface area contributed by atoms with Crippen molar-refractivity contribution < 1.29 is 9.18 Å². The molecular weight excluding hydrogens is 243 g/mol. The summed E-state index contributed by atoms with van der Waals surface area (Å²) in [5.41, 5.74) is 0.506. The van der Waals surface area contributed by atoms with Crippen LogP contribution in [0.5, 0.6) is 0 Å². The van der Waals surface area contributed by atoms with Crippen molar-refractivity contribution in [2.75, 3.05) is 13.1 Å². The molecule has 0 aliphatic carbocycles. The van der Waals surface area contributed by atoms with Crippen LogP contribution >= 0.6 is 12.4 Å². The highest BCUT2D eigenvalue weighted by atomic mass is 35.5. The van der Waals surface area contributed by atoms with Crippen LogP contribution in [-0.4, -0.2) is 25.0 Å². The maximum Gasteiger partial charge on any atom is 0.251 e. The number of hydrogen-bond donors (Lipinski definition) is 2. The average molecular weight is 259 g/mol. The minimum Gasteiger partial charge on any atom is -0.348 e. The molecule has 0 unspecified atom stereocenters. The molecule has 1 aliphatic rings. The normalized spacial score (nSPS) is 19.2. The molecule has 1 heterocycles. The number of nitrogens with one attached hydrogen (secondary N) is 2. The van der Waals surface area contributed by atoms with Crippen molar-refractivity contribution in [1.29, 1.82) is 0 Å². The van der Waals surface area contributed by atoms with Gasteiger partial charge in [-0.2, -0.15) is 0 Å². The summed E-state index contributed by atoms with van der Waals surface area (Å²) in [5.74, 6) is -0.454. The summed E-state index contributed by atoms with van der Waals surface area (Å²) in [4.78, 5) is 11.8. The van der Waals surface area contributed by atoms with Crippen LogP contribution in [0, 0.1) is 5.82 Å².